The van der Waals surface area contributed by atoms with Crippen molar-refractivity contribution >= 4 is 0 Å². The molecule has 142 valence electrons. The Hall–Kier alpha value is -0.620. The Balaban J connectivity index is 2.70. The van der Waals surface area contributed by atoms with Gasteiger partial charge in [-0.25, -0.2) is 0 Å². The molecule has 5 heteroatoms. The van der Waals surface area contributed by atoms with E-state index in [-0.39, 0.29) is 24.9 Å². The molecule has 1 rings (SSSR count). The molecule has 1 heterocycles. The average Bonchev–Trinajstić information content (AvgIpc) is 2.60. The Labute approximate surface area is 147 Å². The van der Waals surface area contributed by atoms with Gasteiger partial charge in [-0.1, -0.05) is 40.0 Å². The summed E-state index contributed by atoms with van der Waals surface area (Å²) in [5.41, 5.74) is 0.748. The number of hydrogen-bond acceptors (Lipinski definition) is 5. The van der Waals surface area contributed by atoms with E-state index >= 15 is 0 Å². The second-order valence-electron chi connectivity index (χ2n) is 6.29. The second kappa shape index (κ2) is 13.6. The molecule has 0 aromatic heterocycles. The summed E-state index contributed by atoms with van der Waals surface area (Å²) in [6, 6.07) is 0. The zero-order valence-electron chi connectivity index (χ0n) is 15.7. The zero-order chi connectivity index (χ0) is 17.6. The van der Waals surface area contributed by atoms with E-state index in [0.717, 1.165) is 50.7 Å². The van der Waals surface area contributed by atoms with Crippen LogP contribution < -0.4 is 0 Å². The Bertz CT molecular complexity index is 332. The molecule has 0 fully saturated rings. The van der Waals surface area contributed by atoms with Gasteiger partial charge in [0.2, 0.25) is 0 Å². The van der Waals surface area contributed by atoms with Crippen molar-refractivity contribution in [3.05, 3.63) is 11.8 Å². The number of hydrogen-bond donors (Lipinski definition) is 1. The van der Waals surface area contributed by atoms with Crippen molar-refractivity contribution in [1.29, 1.82) is 0 Å². The molecule has 0 bridgehead atoms. The zero-order valence-corrected chi connectivity index (χ0v) is 15.7. The van der Waals surface area contributed by atoms with Crippen LogP contribution in [0.15, 0.2) is 11.8 Å². The third-order valence-electron chi connectivity index (χ3n) is 4.13. The summed E-state index contributed by atoms with van der Waals surface area (Å²) in [6.45, 7) is 8.89. The van der Waals surface area contributed by atoms with Crippen LogP contribution in [0.25, 0.3) is 0 Å². The monoisotopic (exact) mass is 344 g/mol. The van der Waals surface area contributed by atoms with E-state index in [9.17, 15) is 5.11 Å². The van der Waals surface area contributed by atoms with Gasteiger partial charge in [0.05, 0.1) is 19.5 Å². The molecular weight excluding hydrogens is 308 g/mol. The van der Waals surface area contributed by atoms with Crippen molar-refractivity contribution in [2.45, 2.75) is 77.6 Å². The van der Waals surface area contributed by atoms with E-state index in [0.29, 0.717) is 19.8 Å². The van der Waals surface area contributed by atoms with E-state index in [2.05, 4.69) is 20.8 Å². The first kappa shape index (κ1) is 21.4. The van der Waals surface area contributed by atoms with Crippen LogP contribution in [0.1, 0.15) is 59.3 Å². The van der Waals surface area contributed by atoms with Crippen LogP contribution >= 0.6 is 0 Å². The largest absolute Gasteiger partial charge is 0.493 e. The molecule has 0 aliphatic carbocycles. The van der Waals surface area contributed by atoms with E-state index in [1.165, 1.54) is 0 Å². The third kappa shape index (κ3) is 7.51. The molecule has 5 nitrogen and oxygen atoms in total. The van der Waals surface area contributed by atoms with Crippen molar-refractivity contribution in [3.63, 3.8) is 0 Å². The highest BCUT2D eigenvalue weighted by Crippen LogP contribution is 2.25. The summed E-state index contributed by atoms with van der Waals surface area (Å²) < 4.78 is 23.7. The lowest BCUT2D eigenvalue weighted by Gasteiger charge is -2.37. The van der Waals surface area contributed by atoms with Crippen molar-refractivity contribution < 1.29 is 24.1 Å². The van der Waals surface area contributed by atoms with Gasteiger partial charge in [-0.05, 0) is 19.3 Å². The fraction of sp³-hybridized carbons (Fsp3) is 0.895. The Morgan fingerprint density at radius 2 is 1.58 bits per heavy atom. The van der Waals surface area contributed by atoms with Gasteiger partial charge in [-0.15, -0.1) is 0 Å². The number of unbranched alkanes of at least 4 members (excludes halogenated alkanes) is 3. The van der Waals surface area contributed by atoms with Gasteiger partial charge in [-0.3, -0.25) is 0 Å². The summed E-state index contributed by atoms with van der Waals surface area (Å²) in [6.07, 6.45) is 7.25. The van der Waals surface area contributed by atoms with Gasteiger partial charge in [0.1, 0.15) is 18.3 Å². The quantitative estimate of drug-likeness (QED) is 0.489. The topological polar surface area (TPSA) is 57.2 Å². The first-order valence-electron chi connectivity index (χ1n) is 9.54. The van der Waals surface area contributed by atoms with E-state index in [1.54, 1.807) is 6.26 Å². The minimum atomic E-state index is -0.257. The molecule has 1 N–H and O–H groups in total. The fourth-order valence-electron chi connectivity index (χ4n) is 2.55. The van der Waals surface area contributed by atoms with E-state index < -0.39 is 0 Å². The summed E-state index contributed by atoms with van der Waals surface area (Å²) >= 11 is 0. The number of ether oxygens (including phenoxy) is 4. The summed E-state index contributed by atoms with van der Waals surface area (Å²) in [7, 11) is 0. The van der Waals surface area contributed by atoms with Crippen LogP contribution in [0.4, 0.5) is 0 Å². The lowest BCUT2D eigenvalue weighted by molar-refractivity contribution is -0.145. The molecule has 0 saturated heterocycles. The van der Waals surface area contributed by atoms with E-state index in [4.69, 9.17) is 18.9 Å². The smallest absolute Gasteiger partial charge is 0.150 e. The maximum atomic E-state index is 9.62. The molecule has 0 saturated carbocycles. The fourth-order valence-corrected chi connectivity index (χ4v) is 2.55. The van der Waals surface area contributed by atoms with Gasteiger partial charge in [0, 0.05) is 25.4 Å². The minimum Gasteiger partial charge on any atom is -0.493 e. The van der Waals surface area contributed by atoms with Gasteiger partial charge < -0.3 is 24.1 Å². The highest BCUT2D eigenvalue weighted by atomic mass is 16.6. The maximum absolute atomic E-state index is 9.62. The lowest BCUT2D eigenvalue weighted by Crippen LogP contribution is -2.49. The normalized spacial score (nSPS) is 23.8. The van der Waals surface area contributed by atoms with Gasteiger partial charge in [0.15, 0.2) is 0 Å². The van der Waals surface area contributed by atoms with Crippen molar-refractivity contribution in [1.82, 2.24) is 0 Å². The molecule has 1 aliphatic heterocycles. The Morgan fingerprint density at radius 3 is 2.21 bits per heavy atom. The number of aliphatic hydroxyl groups excluding tert-OH is 1. The van der Waals surface area contributed by atoms with Crippen LogP contribution in [0.2, 0.25) is 0 Å². The predicted molar refractivity (Wildman–Crippen MR) is 95.1 cm³/mol. The lowest BCUT2D eigenvalue weighted by atomic mass is 9.99. The maximum Gasteiger partial charge on any atom is 0.150 e. The molecule has 0 unspecified atom stereocenters. The molecule has 1 aliphatic rings. The second-order valence-corrected chi connectivity index (χ2v) is 6.29. The molecular formula is C19H36O5. The molecule has 0 amide bonds. The summed E-state index contributed by atoms with van der Waals surface area (Å²) in [5.74, 6) is 0. The van der Waals surface area contributed by atoms with Gasteiger partial charge in [0.25, 0.3) is 0 Å². The summed E-state index contributed by atoms with van der Waals surface area (Å²) in [4.78, 5) is 0. The minimum absolute atomic E-state index is 0.0756. The Kier molecular flexibility index (Phi) is 12.2. The van der Waals surface area contributed by atoms with Crippen LogP contribution in [0, 0.1) is 0 Å². The summed E-state index contributed by atoms with van der Waals surface area (Å²) in [5, 5.41) is 9.62. The highest BCUT2D eigenvalue weighted by Gasteiger charge is 2.38. The van der Waals surface area contributed by atoms with Crippen LogP contribution in [0.3, 0.4) is 0 Å². The molecule has 0 aromatic rings. The molecule has 24 heavy (non-hydrogen) atoms. The highest BCUT2D eigenvalue weighted by molar-refractivity contribution is 5.13. The van der Waals surface area contributed by atoms with Crippen LogP contribution in [-0.2, 0) is 18.9 Å². The van der Waals surface area contributed by atoms with Gasteiger partial charge in [-0.2, -0.15) is 0 Å². The van der Waals surface area contributed by atoms with Crippen molar-refractivity contribution in [2.24, 2.45) is 0 Å². The molecule has 0 radical (unpaired) electrons. The van der Waals surface area contributed by atoms with Crippen molar-refractivity contribution in [2.75, 3.05) is 33.0 Å². The number of aliphatic hydroxyl groups is 1. The standard InChI is InChI=1S/C19H36O5/c1-4-7-10-21-15-17-19(23-12-9-6-3)18(22-11-8-5-2)16(13-20)14-24-17/h14,17-20H,4-13,15H2,1-3H3/t17-,18-,19+/m1/s1. The van der Waals surface area contributed by atoms with Crippen molar-refractivity contribution in [3.8, 4) is 0 Å². The Morgan fingerprint density at radius 1 is 0.958 bits per heavy atom. The van der Waals surface area contributed by atoms with Crippen LogP contribution in [0.5, 0.6) is 0 Å². The average molecular weight is 344 g/mol. The SMILES string of the molecule is CCCCOC[C@H]1OC=C(CO)[C@@H](OCCCC)[C@H]1OCCCC. The molecule has 3 atom stereocenters. The molecule has 0 aromatic carbocycles. The first-order chi connectivity index (χ1) is 11.8. The number of rotatable bonds is 14. The first-order valence-corrected chi connectivity index (χ1v) is 9.54. The van der Waals surface area contributed by atoms with Crippen LogP contribution in [-0.4, -0.2) is 56.5 Å². The van der Waals surface area contributed by atoms with E-state index in [1.807, 2.05) is 0 Å². The predicted octanol–water partition coefficient (Wildman–Crippen LogP) is 3.45. The third-order valence-corrected chi connectivity index (χ3v) is 4.13. The molecule has 0 spiro atoms. The van der Waals surface area contributed by atoms with Gasteiger partial charge >= 0.3 is 0 Å².